The molecule has 0 N–H and O–H groups in total. The van der Waals surface area contributed by atoms with Crippen molar-refractivity contribution in [3.63, 3.8) is 0 Å². The fourth-order valence-corrected chi connectivity index (χ4v) is 2.35. The van der Waals surface area contributed by atoms with Crippen molar-refractivity contribution in [2.45, 2.75) is 31.9 Å². The molecule has 0 bridgehead atoms. The molecule has 1 aromatic rings. The van der Waals surface area contributed by atoms with Crippen LogP contribution in [0.5, 0.6) is 0 Å². The van der Waals surface area contributed by atoms with Crippen molar-refractivity contribution in [1.29, 1.82) is 0 Å². The molecule has 0 aliphatic heterocycles. The van der Waals surface area contributed by atoms with E-state index in [0.717, 1.165) is 0 Å². The Labute approximate surface area is 150 Å². The predicted molar refractivity (Wildman–Crippen MR) is 91.1 cm³/mol. The fraction of sp³-hybridized carbons (Fsp3) is 0.412. The molecule has 0 saturated heterocycles. The third kappa shape index (κ3) is 8.35. The van der Waals surface area contributed by atoms with Crippen LogP contribution in [-0.4, -0.2) is 41.7 Å². The SMILES string of the molecule is CCOC(=O)CCC(=O)C(C)SC(=O)OCOC(=O)c1ccccc1. The molecule has 1 atom stereocenters. The maximum Gasteiger partial charge on any atom is 0.370 e. The topological polar surface area (TPSA) is 96.0 Å². The summed E-state index contributed by atoms with van der Waals surface area (Å²) in [6.45, 7) is 2.93. The Morgan fingerprint density at radius 3 is 2.32 bits per heavy atom. The summed E-state index contributed by atoms with van der Waals surface area (Å²) in [5.74, 6) is -1.34. The average molecular weight is 368 g/mol. The summed E-state index contributed by atoms with van der Waals surface area (Å²) in [5.41, 5.74) is 0.341. The number of ketones is 1. The van der Waals surface area contributed by atoms with Gasteiger partial charge in [-0.05, 0) is 37.7 Å². The highest BCUT2D eigenvalue weighted by molar-refractivity contribution is 8.14. The van der Waals surface area contributed by atoms with Crippen LogP contribution in [0.2, 0.25) is 0 Å². The summed E-state index contributed by atoms with van der Waals surface area (Å²) >= 11 is 0.666. The number of carbonyl (C=O) groups excluding carboxylic acids is 4. The lowest BCUT2D eigenvalue weighted by Crippen LogP contribution is -2.18. The Bertz CT molecular complexity index is 600. The van der Waals surface area contributed by atoms with Gasteiger partial charge in [-0.25, -0.2) is 9.59 Å². The Hall–Kier alpha value is -2.35. The minimum absolute atomic E-state index is 0.0106. The lowest BCUT2D eigenvalue weighted by atomic mass is 10.2. The Balaban J connectivity index is 2.25. The molecular weight excluding hydrogens is 348 g/mol. The molecule has 1 aromatic carbocycles. The zero-order valence-corrected chi connectivity index (χ0v) is 14.9. The van der Waals surface area contributed by atoms with E-state index in [9.17, 15) is 19.2 Å². The van der Waals surface area contributed by atoms with Crippen molar-refractivity contribution in [2.75, 3.05) is 13.4 Å². The van der Waals surface area contributed by atoms with Crippen molar-refractivity contribution >= 4 is 34.8 Å². The van der Waals surface area contributed by atoms with Crippen LogP contribution in [0.1, 0.15) is 37.0 Å². The fourth-order valence-electron chi connectivity index (χ4n) is 1.69. The lowest BCUT2D eigenvalue weighted by Gasteiger charge is -2.10. The van der Waals surface area contributed by atoms with Crippen LogP contribution in [-0.2, 0) is 23.8 Å². The standard InChI is InChI=1S/C17H20O7S/c1-3-22-15(19)10-9-14(18)12(2)25-17(21)24-11-23-16(20)13-7-5-4-6-8-13/h4-8,12H,3,9-11H2,1-2H3. The van der Waals surface area contributed by atoms with Gasteiger partial charge in [0.25, 0.3) is 0 Å². The number of rotatable bonds is 9. The maximum absolute atomic E-state index is 11.8. The lowest BCUT2D eigenvalue weighted by molar-refractivity contribution is -0.144. The number of benzene rings is 1. The first-order chi connectivity index (χ1) is 11.9. The van der Waals surface area contributed by atoms with E-state index >= 15 is 0 Å². The smallest absolute Gasteiger partial charge is 0.370 e. The molecule has 0 aliphatic carbocycles. The van der Waals surface area contributed by atoms with Gasteiger partial charge in [-0.15, -0.1) is 0 Å². The van der Waals surface area contributed by atoms with E-state index in [1.165, 1.54) is 6.92 Å². The molecule has 0 saturated carbocycles. The van der Waals surface area contributed by atoms with Crippen molar-refractivity contribution in [2.24, 2.45) is 0 Å². The van der Waals surface area contributed by atoms with E-state index < -0.39 is 29.3 Å². The third-order valence-corrected chi connectivity index (χ3v) is 3.91. The molecule has 25 heavy (non-hydrogen) atoms. The van der Waals surface area contributed by atoms with E-state index in [1.54, 1.807) is 37.3 Å². The van der Waals surface area contributed by atoms with Crippen molar-refractivity contribution in [3.05, 3.63) is 35.9 Å². The number of Topliss-reactive ketones (excluding diaryl/α,β-unsaturated/α-hetero) is 1. The average Bonchev–Trinajstić information content (AvgIpc) is 2.60. The summed E-state index contributed by atoms with van der Waals surface area (Å²) in [5, 5.41) is -1.41. The van der Waals surface area contributed by atoms with Crippen molar-refractivity contribution in [1.82, 2.24) is 0 Å². The van der Waals surface area contributed by atoms with Crippen molar-refractivity contribution < 1.29 is 33.4 Å². The molecule has 0 radical (unpaired) electrons. The second kappa shape index (κ2) is 11.2. The first-order valence-electron chi connectivity index (χ1n) is 7.68. The monoisotopic (exact) mass is 368 g/mol. The van der Waals surface area contributed by atoms with Gasteiger partial charge >= 0.3 is 17.2 Å². The van der Waals surface area contributed by atoms with Crippen LogP contribution in [0.3, 0.4) is 0 Å². The number of ether oxygens (including phenoxy) is 3. The highest BCUT2D eigenvalue weighted by Crippen LogP contribution is 2.17. The molecule has 0 spiro atoms. The summed E-state index contributed by atoms with van der Waals surface area (Å²) in [4.78, 5) is 46.3. The molecule has 8 heteroatoms. The largest absolute Gasteiger partial charge is 0.466 e. The van der Waals surface area contributed by atoms with E-state index in [1.807, 2.05) is 0 Å². The van der Waals surface area contributed by atoms with Gasteiger partial charge in [0.15, 0.2) is 0 Å². The third-order valence-electron chi connectivity index (χ3n) is 2.98. The molecule has 0 aromatic heterocycles. The van der Waals surface area contributed by atoms with Gasteiger partial charge in [0, 0.05) is 6.42 Å². The van der Waals surface area contributed by atoms with E-state index in [0.29, 0.717) is 17.3 Å². The maximum atomic E-state index is 11.8. The molecule has 0 fully saturated rings. The summed E-state index contributed by atoms with van der Waals surface area (Å²) in [6.07, 6.45) is -0.0371. The molecule has 1 rings (SSSR count). The van der Waals surface area contributed by atoms with Crippen LogP contribution >= 0.6 is 11.8 Å². The summed E-state index contributed by atoms with van der Waals surface area (Å²) in [7, 11) is 0. The molecule has 136 valence electrons. The van der Waals surface area contributed by atoms with Gasteiger partial charge in [0.1, 0.15) is 5.78 Å². The molecule has 0 amide bonds. The summed E-state index contributed by atoms with van der Waals surface area (Å²) < 4.78 is 14.3. The first-order valence-corrected chi connectivity index (χ1v) is 8.56. The van der Waals surface area contributed by atoms with Crippen LogP contribution < -0.4 is 0 Å². The van der Waals surface area contributed by atoms with Crippen LogP contribution in [0.25, 0.3) is 0 Å². The molecule has 7 nitrogen and oxygen atoms in total. The zero-order valence-electron chi connectivity index (χ0n) is 14.1. The second-order valence-electron chi connectivity index (χ2n) is 4.84. The van der Waals surface area contributed by atoms with E-state index in [4.69, 9.17) is 14.2 Å². The number of hydrogen-bond acceptors (Lipinski definition) is 8. The number of carbonyl (C=O) groups is 4. The zero-order chi connectivity index (χ0) is 18.7. The first kappa shape index (κ1) is 20.7. The Morgan fingerprint density at radius 2 is 1.68 bits per heavy atom. The van der Waals surface area contributed by atoms with Crippen molar-refractivity contribution in [3.8, 4) is 0 Å². The Kier molecular flexibility index (Phi) is 9.31. The van der Waals surface area contributed by atoms with E-state index in [2.05, 4.69) is 0 Å². The quantitative estimate of drug-likeness (QED) is 0.485. The van der Waals surface area contributed by atoms with Crippen LogP contribution in [0.15, 0.2) is 30.3 Å². The second-order valence-corrected chi connectivity index (χ2v) is 6.12. The number of hydrogen-bond donors (Lipinski definition) is 0. The molecule has 0 heterocycles. The minimum atomic E-state index is -0.738. The van der Waals surface area contributed by atoms with Gasteiger partial charge in [-0.2, -0.15) is 0 Å². The number of esters is 2. The number of thioether (sulfide) groups is 1. The van der Waals surface area contributed by atoms with E-state index in [-0.39, 0.29) is 25.2 Å². The highest BCUT2D eigenvalue weighted by Gasteiger charge is 2.20. The van der Waals surface area contributed by atoms with Crippen LogP contribution in [0.4, 0.5) is 4.79 Å². The predicted octanol–water partition coefficient (Wildman–Crippen LogP) is 2.97. The highest BCUT2D eigenvalue weighted by atomic mass is 32.2. The van der Waals surface area contributed by atoms with Gasteiger partial charge in [0.2, 0.25) is 6.79 Å². The molecule has 0 aliphatic rings. The van der Waals surface area contributed by atoms with Crippen LogP contribution in [0, 0.1) is 0 Å². The molecular formula is C17H20O7S. The molecule has 1 unspecified atom stereocenters. The normalized spacial score (nSPS) is 11.3. The van der Waals surface area contributed by atoms with Gasteiger partial charge in [-0.3, -0.25) is 9.59 Å². The Morgan fingerprint density at radius 1 is 1.00 bits per heavy atom. The van der Waals surface area contributed by atoms with Gasteiger partial charge in [-0.1, -0.05) is 18.2 Å². The van der Waals surface area contributed by atoms with Gasteiger partial charge < -0.3 is 14.2 Å². The summed E-state index contributed by atoms with van der Waals surface area (Å²) in [6, 6.07) is 8.27. The minimum Gasteiger partial charge on any atom is -0.466 e. The van der Waals surface area contributed by atoms with Gasteiger partial charge in [0.05, 0.1) is 23.8 Å².